The molecule has 0 atom stereocenters. The van der Waals surface area contributed by atoms with Crippen LogP contribution in [0.2, 0.25) is 15.1 Å². The van der Waals surface area contributed by atoms with E-state index in [2.05, 4.69) is 25.7 Å². The number of hydrogen-bond donors (Lipinski definition) is 2. The first-order valence-corrected chi connectivity index (χ1v) is 10.3. The maximum absolute atomic E-state index is 11.3. The molecule has 2 N–H and O–H groups in total. The van der Waals surface area contributed by atoms with Gasteiger partial charge in [-0.1, -0.05) is 34.8 Å². The molecule has 0 bridgehead atoms. The van der Waals surface area contributed by atoms with E-state index in [-0.39, 0.29) is 12.4 Å². The maximum atomic E-state index is 11.3. The number of ether oxygens (including phenoxy) is 2. The number of H-pyrrole nitrogens is 1. The molecule has 0 aliphatic carbocycles. The van der Waals surface area contributed by atoms with E-state index < -0.39 is 5.69 Å². The highest BCUT2D eigenvalue weighted by molar-refractivity contribution is 6.44. The van der Waals surface area contributed by atoms with Gasteiger partial charge in [-0.05, 0) is 49.7 Å². The van der Waals surface area contributed by atoms with Crippen molar-refractivity contribution in [2.24, 2.45) is 5.10 Å². The number of aromatic amines is 1. The zero-order valence-electron chi connectivity index (χ0n) is 16.6. The average Bonchev–Trinajstić information content (AvgIpc) is 2.75. The fourth-order valence-corrected chi connectivity index (χ4v) is 3.17. The van der Waals surface area contributed by atoms with Crippen molar-refractivity contribution in [3.63, 3.8) is 0 Å². The van der Waals surface area contributed by atoms with Gasteiger partial charge in [0.2, 0.25) is 0 Å². The van der Waals surface area contributed by atoms with E-state index in [1.54, 1.807) is 43.5 Å². The normalized spacial score (nSPS) is 11.0. The molecule has 0 fully saturated rings. The third-order valence-electron chi connectivity index (χ3n) is 4.04. The second kappa shape index (κ2) is 10.5. The van der Waals surface area contributed by atoms with Gasteiger partial charge in [-0.3, -0.25) is 5.43 Å². The van der Waals surface area contributed by atoms with Gasteiger partial charge in [0.25, 0.3) is 0 Å². The molecule has 2 aromatic carbocycles. The van der Waals surface area contributed by atoms with Crippen LogP contribution in [0.4, 0.5) is 5.82 Å². The number of hydrogen-bond acceptors (Lipinski definition) is 7. The number of nitrogens with zero attached hydrogens (tertiary/aromatic N) is 3. The lowest BCUT2D eigenvalue weighted by molar-refractivity contribution is 0.269. The van der Waals surface area contributed by atoms with E-state index in [4.69, 9.17) is 44.3 Å². The van der Waals surface area contributed by atoms with E-state index in [0.717, 1.165) is 5.56 Å². The van der Waals surface area contributed by atoms with Gasteiger partial charge >= 0.3 is 5.69 Å². The maximum Gasteiger partial charge on any atom is 0.363 e. The molecule has 0 saturated carbocycles. The number of aromatic nitrogens is 3. The zero-order valence-corrected chi connectivity index (χ0v) is 18.8. The molecule has 11 heteroatoms. The third kappa shape index (κ3) is 5.88. The topological polar surface area (TPSA) is 101 Å². The fraction of sp³-hybridized carbons (Fsp3) is 0.200. The average molecular weight is 483 g/mol. The number of hydrazone groups is 1. The largest absolute Gasteiger partial charge is 0.490 e. The highest BCUT2D eigenvalue weighted by atomic mass is 35.5. The van der Waals surface area contributed by atoms with Crippen molar-refractivity contribution in [3.05, 3.63) is 72.7 Å². The summed E-state index contributed by atoms with van der Waals surface area (Å²) in [6, 6.07) is 8.60. The summed E-state index contributed by atoms with van der Waals surface area (Å²) in [7, 11) is 0. The highest BCUT2D eigenvalue weighted by Gasteiger charge is 2.13. The van der Waals surface area contributed by atoms with Gasteiger partial charge in [0.15, 0.2) is 17.3 Å². The van der Waals surface area contributed by atoms with Crippen LogP contribution in [0.15, 0.2) is 40.2 Å². The Labute approximate surface area is 193 Å². The van der Waals surface area contributed by atoms with Crippen LogP contribution in [0.5, 0.6) is 11.5 Å². The van der Waals surface area contributed by atoms with Gasteiger partial charge in [0.05, 0.1) is 22.9 Å². The first-order chi connectivity index (χ1) is 14.9. The van der Waals surface area contributed by atoms with E-state index in [1.807, 2.05) is 6.92 Å². The second-order valence-corrected chi connectivity index (χ2v) is 7.39. The number of aryl methyl sites for hydroxylation is 1. The Morgan fingerprint density at radius 1 is 1.13 bits per heavy atom. The minimum Gasteiger partial charge on any atom is -0.490 e. The monoisotopic (exact) mass is 481 g/mol. The molecule has 0 saturated heterocycles. The molecule has 31 heavy (non-hydrogen) atoms. The SMILES string of the molecule is CCOc1cc(/C=N/Nc2nc(=O)[nH]nc2C)ccc1OCc1c(Cl)ccc(Cl)c1Cl. The first-order valence-electron chi connectivity index (χ1n) is 9.13. The molecule has 3 aromatic rings. The molecule has 3 rings (SSSR count). The number of rotatable bonds is 8. The lowest BCUT2D eigenvalue weighted by Gasteiger charge is -2.14. The van der Waals surface area contributed by atoms with Crippen molar-refractivity contribution in [1.82, 2.24) is 15.2 Å². The molecule has 0 radical (unpaired) electrons. The van der Waals surface area contributed by atoms with Crippen LogP contribution in [-0.2, 0) is 6.61 Å². The fourth-order valence-electron chi connectivity index (χ4n) is 2.51. The van der Waals surface area contributed by atoms with Crippen LogP contribution in [0.1, 0.15) is 23.7 Å². The van der Waals surface area contributed by atoms with Gasteiger partial charge in [0.1, 0.15) is 12.3 Å². The number of halogens is 3. The summed E-state index contributed by atoms with van der Waals surface area (Å²) in [5, 5.41) is 11.4. The molecule has 162 valence electrons. The molecular formula is C20H18Cl3N5O3. The molecule has 0 amide bonds. The first kappa shape index (κ1) is 22.9. The van der Waals surface area contributed by atoms with Gasteiger partial charge in [-0.25, -0.2) is 9.89 Å². The summed E-state index contributed by atoms with van der Waals surface area (Å²) in [5.41, 5.74) is 3.96. The van der Waals surface area contributed by atoms with E-state index in [0.29, 0.717) is 44.4 Å². The summed E-state index contributed by atoms with van der Waals surface area (Å²) in [5.74, 6) is 1.29. The van der Waals surface area contributed by atoms with Crippen molar-refractivity contribution in [2.75, 3.05) is 12.0 Å². The highest BCUT2D eigenvalue weighted by Crippen LogP contribution is 2.34. The minimum absolute atomic E-state index is 0.119. The van der Waals surface area contributed by atoms with Crippen LogP contribution >= 0.6 is 34.8 Å². The summed E-state index contributed by atoms with van der Waals surface area (Å²) in [4.78, 5) is 15.0. The Balaban J connectivity index is 1.76. The predicted molar refractivity (Wildman–Crippen MR) is 122 cm³/mol. The van der Waals surface area contributed by atoms with E-state index >= 15 is 0 Å². The molecule has 0 aliphatic rings. The summed E-state index contributed by atoms with van der Waals surface area (Å²) in [6.45, 7) is 4.12. The van der Waals surface area contributed by atoms with E-state index in [9.17, 15) is 4.79 Å². The van der Waals surface area contributed by atoms with Gasteiger partial charge in [0, 0.05) is 10.6 Å². The lowest BCUT2D eigenvalue weighted by Crippen LogP contribution is -2.15. The second-order valence-electron chi connectivity index (χ2n) is 6.19. The van der Waals surface area contributed by atoms with Gasteiger partial charge in [-0.15, -0.1) is 0 Å². The van der Waals surface area contributed by atoms with Crippen molar-refractivity contribution in [1.29, 1.82) is 0 Å². The Kier molecular flexibility index (Phi) is 7.73. The van der Waals surface area contributed by atoms with Gasteiger partial charge < -0.3 is 9.47 Å². The third-order valence-corrected chi connectivity index (χ3v) is 5.24. The van der Waals surface area contributed by atoms with Crippen LogP contribution in [0.3, 0.4) is 0 Å². The van der Waals surface area contributed by atoms with Crippen molar-refractivity contribution < 1.29 is 9.47 Å². The molecule has 1 aromatic heterocycles. The standard InChI is InChI=1S/C20H18Cl3N5O3/c1-3-30-17-8-12(9-24-27-19-11(2)26-28-20(29)25-19)4-7-16(17)31-10-13-14(21)5-6-15(22)18(13)23/h4-9H,3,10H2,1-2H3,(H2,25,27,28,29)/b24-9+. The van der Waals surface area contributed by atoms with Crippen molar-refractivity contribution >= 4 is 46.8 Å². The Bertz CT molecular complexity index is 1170. The van der Waals surface area contributed by atoms with Crippen LogP contribution in [0.25, 0.3) is 0 Å². The van der Waals surface area contributed by atoms with Gasteiger partial charge in [-0.2, -0.15) is 15.2 Å². The number of anilines is 1. The van der Waals surface area contributed by atoms with Crippen molar-refractivity contribution in [2.45, 2.75) is 20.5 Å². The Hall–Kier alpha value is -2.81. The molecular weight excluding hydrogens is 465 g/mol. The number of benzene rings is 2. The van der Waals surface area contributed by atoms with Crippen LogP contribution < -0.4 is 20.6 Å². The Morgan fingerprint density at radius 3 is 2.68 bits per heavy atom. The quantitative estimate of drug-likeness (QED) is 0.270. The summed E-state index contributed by atoms with van der Waals surface area (Å²) < 4.78 is 11.6. The van der Waals surface area contributed by atoms with Crippen LogP contribution in [0, 0.1) is 6.92 Å². The molecule has 8 nitrogen and oxygen atoms in total. The Morgan fingerprint density at radius 2 is 1.90 bits per heavy atom. The van der Waals surface area contributed by atoms with Crippen LogP contribution in [-0.4, -0.2) is 28.0 Å². The molecule has 0 unspecified atom stereocenters. The lowest BCUT2D eigenvalue weighted by atomic mass is 10.2. The summed E-state index contributed by atoms with van der Waals surface area (Å²) >= 11 is 18.5. The van der Waals surface area contributed by atoms with E-state index in [1.165, 1.54) is 0 Å². The molecule has 0 aliphatic heterocycles. The molecule has 1 heterocycles. The predicted octanol–water partition coefficient (Wildman–Crippen LogP) is 4.86. The smallest absolute Gasteiger partial charge is 0.363 e. The minimum atomic E-state index is -0.566. The number of nitrogens with one attached hydrogen (secondary N) is 2. The molecule has 0 spiro atoms. The van der Waals surface area contributed by atoms with Crippen molar-refractivity contribution in [3.8, 4) is 11.5 Å². The summed E-state index contributed by atoms with van der Waals surface area (Å²) in [6.07, 6.45) is 1.55. The zero-order chi connectivity index (χ0) is 22.4.